The van der Waals surface area contributed by atoms with Crippen molar-refractivity contribution in [2.45, 2.75) is 291 Å². The van der Waals surface area contributed by atoms with E-state index in [1.165, 1.54) is 188 Å². The van der Waals surface area contributed by atoms with Crippen LogP contribution in [0.2, 0.25) is 72.5 Å². The molecule has 0 saturated carbocycles. The minimum absolute atomic E-state index is 0.344. The first-order valence-electron chi connectivity index (χ1n) is 32.7. The lowest BCUT2D eigenvalue weighted by Crippen LogP contribution is -2.49. The highest BCUT2D eigenvalue weighted by Crippen LogP contribution is 2.56. The summed E-state index contributed by atoms with van der Waals surface area (Å²) in [5.41, 5.74) is 0. The third-order valence-corrected chi connectivity index (χ3v) is 46.9. The van der Waals surface area contributed by atoms with Crippen molar-refractivity contribution in [1.29, 1.82) is 0 Å². The van der Waals surface area contributed by atoms with Gasteiger partial charge in [0.15, 0.2) is 0 Å². The first-order valence-corrected chi connectivity index (χ1v) is 45.8. The van der Waals surface area contributed by atoms with E-state index in [-0.39, 0.29) is 0 Å². The van der Waals surface area contributed by atoms with Crippen molar-refractivity contribution in [1.82, 2.24) is 4.44 Å². The highest BCUT2D eigenvalue weighted by Gasteiger charge is 2.40. The van der Waals surface area contributed by atoms with Gasteiger partial charge in [0.1, 0.15) is 0 Å². The van der Waals surface area contributed by atoms with Crippen molar-refractivity contribution >= 4 is 90.4 Å². The summed E-state index contributed by atoms with van der Waals surface area (Å²) < 4.78 is 3.17. The zero-order valence-corrected chi connectivity index (χ0v) is 58.2. The second kappa shape index (κ2) is 35.4. The standard InChI is InChI=1S/C69H119NP2Si4/c1-15-27-53-75(54-28-16-2,55-29-17-3)66-43-39-62(40-44-66)71(63-41-45-67(46-42-63)76(56-30-18-4,57-31-19-5)58-32-20-6)70(61(13)14)72(64-35-33-37-68(59-64)73(47-21-7,48-22-8)49-23-9)65-36-34-38-69(60-65)74(50-24-10,51-25-11)52-26-12/h33-46,59-61H,15-32,47-58H2,1-14H3. The molecular formula is C69H119NP2Si4. The van der Waals surface area contributed by atoms with Gasteiger partial charge in [-0.3, -0.25) is 0 Å². The molecule has 0 aromatic heterocycles. The molecule has 0 aliphatic carbocycles. The van der Waals surface area contributed by atoms with Crippen LogP contribution in [0.25, 0.3) is 0 Å². The van der Waals surface area contributed by atoms with Crippen LogP contribution in [0.4, 0.5) is 0 Å². The summed E-state index contributed by atoms with van der Waals surface area (Å²) in [7, 11) is -8.66. The van der Waals surface area contributed by atoms with Gasteiger partial charge in [-0.15, -0.1) is 0 Å². The molecule has 1 nitrogen and oxygen atoms in total. The molecule has 0 saturated heterocycles. The van der Waals surface area contributed by atoms with Gasteiger partial charge < -0.3 is 0 Å². The first kappa shape index (κ1) is 67.1. The van der Waals surface area contributed by atoms with E-state index in [1.54, 1.807) is 42.0 Å². The quantitative estimate of drug-likeness (QED) is 0.0316. The molecule has 76 heavy (non-hydrogen) atoms. The molecule has 4 aromatic rings. The van der Waals surface area contributed by atoms with E-state index in [1.807, 2.05) is 0 Å². The van der Waals surface area contributed by atoms with Gasteiger partial charge in [0, 0.05) is 22.2 Å². The number of unbranched alkanes of at least 4 members (excludes halogenated alkanes) is 6. The normalized spacial score (nSPS) is 12.8. The van der Waals surface area contributed by atoms with Crippen LogP contribution in [0.3, 0.4) is 0 Å². The Morgan fingerprint density at radius 3 is 0.776 bits per heavy atom. The van der Waals surface area contributed by atoms with Crippen LogP contribution in [0, 0.1) is 0 Å². The van der Waals surface area contributed by atoms with Crippen molar-refractivity contribution in [3.05, 3.63) is 97.1 Å². The average Bonchev–Trinajstić information content (AvgIpc) is 3.43. The van der Waals surface area contributed by atoms with Crippen LogP contribution in [-0.4, -0.2) is 42.8 Å². The first-order chi connectivity index (χ1) is 36.9. The molecule has 0 aliphatic heterocycles. The van der Waals surface area contributed by atoms with Crippen LogP contribution < -0.4 is 42.0 Å². The largest absolute Gasteiger partial charge is 0.242 e. The molecule has 0 atom stereocenters. The zero-order chi connectivity index (χ0) is 55.5. The lowest BCUT2D eigenvalue weighted by molar-refractivity contribution is 0.583. The molecule has 426 valence electrons. The van der Waals surface area contributed by atoms with Gasteiger partial charge in [-0.05, 0) is 35.1 Å². The van der Waals surface area contributed by atoms with E-state index in [0.717, 1.165) is 0 Å². The van der Waals surface area contributed by atoms with Crippen molar-refractivity contribution in [2.24, 2.45) is 0 Å². The smallest absolute Gasteiger partial charge is 0.0867 e. The predicted molar refractivity (Wildman–Crippen MR) is 366 cm³/mol. The molecule has 4 aromatic carbocycles. The fraction of sp³-hybridized carbons (Fsp3) is 0.652. The molecule has 0 spiro atoms. The Kier molecular flexibility index (Phi) is 31.3. The van der Waals surface area contributed by atoms with Crippen molar-refractivity contribution in [2.75, 3.05) is 0 Å². The number of hydrogen-bond donors (Lipinski definition) is 0. The highest BCUT2D eigenvalue weighted by atomic mass is 31.2. The van der Waals surface area contributed by atoms with E-state index in [4.69, 9.17) is 0 Å². The molecule has 0 aliphatic rings. The third kappa shape index (κ3) is 17.8. The van der Waals surface area contributed by atoms with Crippen LogP contribution in [0.15, 0.2) is 97.1 Å². The fourth-order valence-electron chi connectivity index (χ4n) is 14.4. The second-order valence-corrected chi connectivity index (χ2v) is 47.5. The lowest BCUT2D eigenvalue weighted by atomic mass is 10.3. The maximum atomic E-state index is 3.17. The van der Waals surface area contributed by atoms with Crippen LogP contribution in [0.5, 0.6) is 0 Å². The van der Waals surface area contributed by atoms with Crippen LogP contribution in [0.1, 0.15) is 213 Å². The molecule has 4 rings (SSSR count). The lowest BCUT2D eigenvalue weighted by Gasteiger charge is -2.43. The fourth-order valence-corrected chi connectivity index (χ4v) is 42.8. The molecule has 0 N–H and O–H groups in total. The topological polar surface area (TPSA) is 3.24 Å². The van der Waals surface area contributed by atoms with Gasteiger partial charge >= 0.3 is 0 Å². The maximum absolute atomic E-state index is 3.17. The number of hydrogen-bond acceptors (Lipinski definition) is 1. The van der Waals surface area contributed by atoms with Crippen molar-refractivity contribution in [3.63, 3.8) is 0 Å². The summed E-state index contributed by atoms with van der Waals surface area (Å²) in [6.07, 6.45) is 23.8. The SMILES string of the molecule is CCCC[Si](CCCC)(CCCC)c1ccc(P(c2ccc([Si](CCCC)(CCCC)CCCC)cc2)N(C(C)C)P(c2cccc([Si](CCC)(CCC)CCC)c2)c2cccc([Si](CCC)(CCC)CCC)c2)cc1. The van der Waals surface area contributed by atoms with E-state index in [0.29, 0.717) is 6.04 Å². The van der Waals surface area contributed by atoms with E-state index in [9.17, 15) is 0 Å². The van der Waals surface area contributed by atoms with Gasteiger partial charge in [0.2, 0.25) is 0 Å². The van der Waals surface area contributed by atoms with Gasteiger partial charge in [-0.1, -0.05) is 389 Å². The van der Waals surface area contributed by atoms with E-state index in [2.05, 4.69) is 198 Å². The monoisotopic (exact) mass is 1140 g/mol. The highest BCUT2D eigenvalue weighted by molar-refractivity contribution is 7.84. The summed E-state index contributed by atoms with van der Waals surface area (Å²) in [6.45, 7) is 34.5. The van der Waals surface area contributed by atoms with Crippen molar-refractivity contribution in [3.8, 4) is 0 Å². The van der Waals surface area contributed by atoms with Gasteiger partial charge in [0.05, 0.1) is 32.3 Å². The third-order valence-electron chi connectivity index (χ3n) is 18.2. The molecule has 0 unspecified atom stereocenters. The van der Waals surface area contributed by atoms with Crippen molar-refractivity contribution < 1.29 is 0 Å². The predicted octanol–water partition coefficient (Wildman–Crippen LogP) is 19.7. The number of benzene rings is 4. The summed E-state index contributed by atoms with van der Waals surface area (Å²) in [5, 5.41) is 13.3. The minimum Gasteiger partial charge on any atom is -0.242 e. The van der Waals surface area contributed by atoms with E-state index < -0.39 is 48.4 Å². The Hall–Kier alpha value is -1.43. The molecule has 0 bridgehead atoms. The Balaban J connectivity index is 2.20. The molecule has 0 amide bonds. The summed E-state index contributed by atoms with van der Waals surface area (Å²) >= 11 is 0. The molecule has 0 radical (unpaired) electrons. The molecule has 0 heterocycles. The van der Waals surface area contributed by atoms with Gasteiger partial charge in [-0.25, -0.2) is 4.44 Å². The number of rotatable bonds is 41. The second-order valence-electron chi connectivity index (χ2n) is 24.5. The Morgan fingerprint density at radius 2 is 0.539 bits per heavy atom. The van der Waals surface area contributed by atoms with Crippen LogP contribution >= 0.6 is 16.1 Å². The Labute approximate surface area is 479 Å². The van der Waals surface area contributed by atoms with Crippen LogP contribution in [-0.2, 0) is 0 Å². The zero-order valence-electron chi connectivity index (χ0n) is 52.4. The maximum Gasteiger partial charge on any atom is 0.0867 e. The Morgan fingerprint density at radius 1 is 0.289 bits per heavy atom. The van der Waals surface area contributed by atoms with Gasteiger partial charge in [-0.2, -0.15) is 0 Å². The Bertz CT molecular complexity index is 1930. The molecule has 0 fully saturated rings. The summed E-state index contributed by atoms with van der Waals surface area (Å²) in [4.78, 5) is 0. The number of nitrogens with zero attached hydrogens (tertiary/aromatic N) is 1. The van der Waals surface area contributed by atoms with Gasteiger partial charge in [0.25, 0.3) is 0 Å². The average molecular weight is 1140 g/mol. The molecular weight excluding hydrogens is 1020 g/mol. The summed E-state index contributed by atoms with van der Waals surface area (Å²) in [5.74, 6) is 0. The molecule has 7 heteroatoms. The van der Waals surface area contributed by atoms with E-state index >= 15 is 0 Å². The summed E-state index contributed by atoms with van der Waals surface area (Å²) in [6, 6.07) is 60.4. The minimum atomic E-state index is -1.74.